The largest absolute Gasteiger partial charge is 0.206 e. The van der Waals surface area contributed by atoms with Crippen molar-refractivity contribution in [2.45, 2.75) is 45.4 Å². The molecule has 0 N–H and O–H groups in total. The van der Waals surface area contributed by atoms with Gasteiger partial charge < -0.3 is 0 Å². The van der Waals surface area contributed by atoms with Crippen LogP contribution in [-0.2, 0) is 12.8 Å². The minimum atomic E-state index is -1.09. The van der Waals surface area contributed by atoms with E-state index in [1.54, 1.807) is 18.2 Å². The minimum absolute atomic E-state index is 0.273. The number of unbranched alkanes of at least 4 members (excludes halogenated alkanes) is 2. The molecule has 3 heteroatoms. The number of rotatable bonds is 8. The van der Waals surface area contributed by atoms with Gasteiger partial charge in [0.15, 0.2) is 11.6 Å². The van der Waals surface area contributed by atoms with Crippen molar-refractivity contribution in [3.8, 4) is 11.1 Å². The van der Waals surface area contributed by atoms with E-state index in [0.29, 0.717) is 22.9 Å². The highest BCUT2D eigenvalue weighted by Gasteiger charge is 2.19. The van der Waals surface area contributed by atoms with Crippen LogP contribution in [0, 0.1) is 17.5 Å². The van der Waals surface area contributed by atoms with Crippen LogP contribution in [0.1, 0.15) is 43.7 Å². The number of benzene rings is 3. The molecule has 0 unspecified atom stereocenters. The molecule has 0 aliphatic carbocycles. The summed E-state index contributed by atoms with van der Waals surface area (Å²) in [5.41, 5.74) is 2.37. The van der Waals surface area contributed by atoms with Crippen LogP contribution in [0.4, 0.5) is 13.2 Å². The van der Waals surface area contributed by atoms with Gasteiger partial charge in [-0.3, -0.25) is 0 Å². The van der Waals surface area contributed by atoms with Crippen molar-refractivity contribution in [3.05, 3.63) is 83.7 Å². The molecule has 0 aliphatic heterocycles. The van der Waals surface area contributed by atoms with E-state index in [1.807, 2.05) is 30.3 Å². The molecule has 0 radical (unpaired) electrons. The summed E-state index contributed by atoms with van der Waals surface area (Å²) < 4.78 is 44.3. The monoisotopic (exact) mass is 382 g/mol. The van der Waals surface area contributed by atoms with Crippen molar-refractivity contribution in [2.24, 2.45) is 0 Å². The van der Waals surface area contributed by atoms with Crippen LogP contribution in [0.5, 0.6) is 0 Å². The van der Waals surface area contributed by atoms with Gasteiger partial charge in [-0.1, -0.05) is 62.2 Å². The summed E-state index contributed by atoms with van der Waals surface area (Å²) in [6.45, 7) is 5.76. The van der Waals surface area contributed by atoms with Gasteiger partial charge >= 0.3 is 0 Å². The number of halogens is 3. The fraction of sp³-hybridized carbons (Fsp3) is 0.280. The number of fused-ring (bicyclic) bond motifs is 1. The predicted octanol–water partition coefficient (Wildman–Crippen LogP) is 7.78. The average molecular weight is 382 g/mol. The third-order valence-electron chi connectivity index (χ3n) is 5.15. The Morgan fingerprint density at radius 2 is 1.61 bits per heavy atom. The molecule has 0 bridgehead atoms. The van der Waals surface area contributed by atoms with Crippen LogP contribution < -0.4 is 0 Å². The normalized spacial score (nSPS) is 11.1. The van der Waals surface area contributed by atoms with E-state index in [4.69, 9.17) is 0 Å². The fourth-order valence-corrected chi connectivity index (χ4v) is 3.53. The molecule has 0 saturated carbocycles. The van der Waals surface area contributed by atoms with Gasteiger partial charge in [0.25, 0.3) is 0 Å². The van der Waals surface area contributed by atoms with Crippen LogP contribution in [0.2, 0.25) is 0 Å². The first-order valence-corrected chi connectivity index (χ1v) is 9.86. The standard InChI is InChI=1S/C25H25F3/c1-3-5-7-9-20-16-19-14-15-21(24(27)22(19)25(28)23(20)26)18-12-10-17(11-13-18)8-6-4-2/h4,10-16H,2-3,5-9H2,1H3. The maximum atomic E-state index is 15.1. The second-order valence-corrected chi connectivity index (χ2v) is 7.17. The summed E-state index contributed by atoms with van der Waals surface area (Å²) in [5.74, 6) is -2.74. The van der Waals surface area contributed by atoms with E-state index < -0.39 is 17.5 Å². The highest BCUT2D eigenvalue weighted by molar-refractivity contribution is 5.89. The van der Waals surface area contributed by atoms with Crippen molar-refractivity contribution in [1.82, 2.24) is 0 Å². The Bertz CT molecular complexity index is 971. The highest BCUT2D eigenvalue weighted by Crippen LogP contribution is 2.33. The van der Waals surface area contributed by atoms with Gasteiger partial charge in [0.05, 0.1) is 5.39 Å². The zero-order valence-electron chi connectivity index (χ0n) is 16.2. The zero-order valence-corrected chi connectivity index (χ0v) is 16.2. The van der Waals surface area contributed by atoms with Crippen LogP contribution in [0.25, 0.3) is 21.9 Å². The molecule has 0 saturated heterocycles. The van der Waals surface area contributed by atoms with E-state index in [1.165, 1.54) is 0 Å². The summed E-state index contributed by atoms with van der Waals surface area (Å²) in [4.78, 5) is 0. The third kappa shape index (κ3) is 4.14. The molecule has 3 aromatic carbocycles. The third-order valence-corrected chi connectivity index (χ3v) is 5.15. The van der Waals surface area contributed by atoms with Crippen molar-refractivity contribution in [1.29, 1.82) is 0 Å². The first-order chi connectivity index (χ1) is 13.6. The van der Waals surface area contributed by atoms with Gasteiger partial charge in [0.2, 0.25) is 0 Å². The van der Waals surface area contributed by atoms with Crippen LogP contribution in [0.15, 0.2) is 55.1 Å². The molecule has 3 rings (SSSR count). The predicted molar refractivity (Wildman–Crippen MR) is 111 cm³/mol. The molecule has 0 atom stereocenters. The maximum Gasteiger partial charge on any atom is 0.169 e. The summed E-state index contributed by atoms with van der Waals surface area (Å²) in [6.07, 6.45) is 6.79. The van der Waals surface area contributed by atoms with Crippen molar-refractivity contribution in [3.63, 3.8) is 0 Å². The van der Waals surface area contributed by atoms with Crippen molar-refractivity contribution in [2.75, 3.05) is 0 Å². The van der Waals surface area contributed by atoms with Gasteiger partial charge in [-0.05, 0) is 53.8 Å². The van der Waals surface area contributed by atoms with Crippen LogP contribution in [0.3, 0.4) is 0 Å². The Labute approximate surface area is 164 Å². The zero-order chi connectivity index (χ0) is 20.1. The van der Waals surface area contributed by atoms with Crippen LogP contribution in [-0.4, -0.2) is 0 Å². The Hall–Kier alpha value is -2.55. The lowest BCUT2D eigenvalue weighted by Crippen LogP contribution is -1.99. The Kier molecular flexibility index (Phi) is 6.56. The van der Waals surface area contributed by atoms with E-state index in [2.05, 4.69) is 13.5 Å². The van der Waals surface area contributed by atoms with E-state index in [-0.39, 0.29) is 10.9 Å². The molecule has 28 heavy (non-hydrogen) atoms. The lowest BCUT2D eigenvalue weighted by atomic mass is 9.96. The molecule has 0 amide bonds. The molecule has 3 aromatic rings. The molecule has 146 valence electrons. The van der Waals surface area contributed by atoms with Crippen LogP contribution >= 0.6 is 0 Å². The summed E-state index contributed by atoms with van der Waals surface area (Å²) in [7, 11) is 0. The number of hydrogen-bond donors (Lipinski definition) is 0. The molecular weight excluding hydrogens is 357 g/mol. The smallest absolute Gasteiger partial charge is 0.169 e. The minimum Gasteiger partial charge on any atom is -0.206 e. The fourth-order valence-electron chi connectivity index (χ4n) is 3.53. The molecule has 0 fully saturated rings. The SMILES string of the molecule is C=CCCc1ccc(-c2ccc3cc(CCCCC)c(F)c(F)c3c2F)cc1. The molecule has 0 nitrogen and oxygen atoms in total. The Morgan fingerprint density at radius 1 is 0.857 bits per heavy atom. The summed E-state index contributed by atoms with van der Waals surface area (Å²) in [6, 6.07) is 12.4. The number of hydrogen-bond acceptors (Lipinski definition) is 0. The molecule has 0 spiro atoms. The van der Waals surface area contributed by atoms with E-state index in [9.17, 15) is 8.78 Å². The Morgan fingerprint density at radius 3 is 2.29 bits per heavy atom. The molecule has 0 heterocycles. The number of aryl methyl sites for hydroxylation is 2. The van der Waals surface area contributed by atoms with Gasteiger partial charge in [0.1, 0.15) is 5.82 Å². The second kappa shape index (κ2) is 9.09. The van der Waals surface area contributed by atoms with Gasteiger partial charge in [-0.2, -0.15) is 0 Å². The summed E-state index contributed by atoms with van der Waals surface area (Å²) in [5, 5.41) is 0.124. The second-order valence-electron chi connectivity index (χ2n) is 7.17. The van der Waals surface area contributed by atoms with Gasteiger partial charge in [-0.25, -0.2) is 13.2 Å². The van der Waals surface area contributed by atoms with Gasteiger partial charge in [0, 0.05) is 5.56 Å². The molecule has 0 aliphatic rings. The van der Waals surface area contributed by atoms with E-state index in [0.717, 1.165) is 37.7 Å². The van der Waals surface area contributed by atoms with E-state index >= 15 is 4.39 Å². The topological polar surface area (TPSA) is 0 Å². The lowest BCUT2D eigenvalue weighted by molar-refractivity contribution is 0.500. The first kappa shape index (κ1) is 20.2. The van der Waals surface area contributed by atoms with Crippen molar-refractivity contribution >= 4 is 10.8 Å². The van der Waals surface area contributed by atoms with Gasteiger partial charge in [-0.15, -0.1) is 6.58 Å². The Balaban J connectivity index is 2.00. The highest BCUT2D eigenvalue weighted by atomic mass is 19.2. The lowest BCUT2D eigenvalue weighted by Gasteiger charge is -2.12. The average Bonchev–Trinajstić information content (AvgIpc) is 2.71. The summed E-state index contributed by atoms with van der Waals surface area (Å²) >= 11 is 0. The maximum absolute atomic E-state index is 15.1. The molecule has 0 aromatic heterocycles. The molecular formula is C25H25F3. The number of allylic oxidation sites excluding steroid dienone is 1. The quantitative estimate of drug-likeness (QED) is 0.276. The first-order valence-electron chi connectivity index (χ1n) is 9.86. The van der Waals surface area contributed by atoms with Crippen molar-refractivity contribution < 1.29 is 13.2 Å².